The molecule has 0 fully saturated rings. The van der Waals surface area contributed by atoms with Gasteiger partial charge in [-0.3, -0.25) is 4.79 Å². The van der Waals surface area contributed by atoms with Gasteiger partial charge < -0.3 is 4.57 Å². The molecular weight excluding hydrogens is 210 g/mol. The van der Waals surface area contributed by atoms with Crippen LogP contribution in [0.25, 0.3) is 10.8 Å². The Kier molecular flexibility index (Phi) is 2.53. The van der Waals surface area contributed by atoms with Gasteiger partial charge in [0, 0.05) is 22.6 Å². The molecule has 0 N–H and O–H groups in total. The summed E-state index contributed by atoms with van der Waals surface area (Å²) in [6.45, 7) is 3.98. The van der Waals surface area contributed by atoms with Crippen LogP contribution in [-0.4, -0.2) is 4.57 Å². The Morgan fingerprint density at radius 2 is 2.00 bits per heavy atom. The summed E-state index contributed by atoms with van der Waals surface area (Å²) in [6, 6.07) is 7.43. The first-order valence-corrected chi connectivity index (χ1v) is 5.28. The summed E-state index contributed by atoms with van der Waals surface area (Å²) in [7, 11) is 0. The van der Waals surface area contributed by atoms with E-state index in [-0.39, 0.29) is 11.6 Å². The van der Waals surface area contributed by atoms with Crippen LogP contribution in [0, 0.1) is 0 Å². The van der Waals surface area contributed by atoms with E-state index in [4.69, 9.17) is 11.6 Å². The molecule has 0 aliphatic heterocycles. The fourth-order valence-electron chi connectivity index (χ4n) is 1.64. The molecule has 0 spiro atoms. The van der Waals surface area contributed by atoms with Crippen molar-refractivity contribution in [2.45, 2.75) is 19.9 Å². The van der Waals surface area contributed by atoms with Gasteiger partial charge in [0.15, 0.2) is 0 Å². The van der Waals surface area contributed by atoms with Crippen molar-refractivity contribution in [1.82, 2.24) is 4.57 Å². The van der Waals surface area contributed by atoms with Gasteiger partial charge in [-0.05, 0) is 43.5 Å². The smallest absolute Gasteiger partial charge is 0.258 e. The second kappa shape index (κ2) is 3.70. The first kappa shape index (κ1) is 10.2. The van der Waals surface area contributed by atoms with Crippen molar-refractivity contribution < 1.29 is 0 Å². The number of hydrogen-bond acceptors (Lipinski definition) is 1. The van der Waals surface area contributed by atoms with Crippen LogP contribution in [0.4, 0.5) is 0 Å². The van der Waals surface area contributed by atoms with Crippen LogP contribution in [0.1, 0.15) is 19.9 Å². The first-order valence-electron chi connectivity index (χ1n) is 4.90. The molecule has 0 aliphatic rings. The van der Waals surface area contributed by atoms with E-state index in [1.54, 1.807) is 16.7 Å². The summed E-state index contributed by atoms with van der Waals surface area (Å²) in [4.78, 5) is 12.0. The van der Waals surface area contributed by atoms with Crippen molar-refractivity contribution in [3.8, 4) is 0 Å². The third-order valence-electron chi connectivity index (χ3n) is 2.45. The first-order chi connectivity index (χ1) is 7.09. The van der Waals surface area contributed by atoms with E-state index in [0.717, 1.165) is 10.8 Å². The maximum absolute atomic E-state index is 12.0. The predicted molar refractivity (Wildman–Crippen MR) is 63.6 cm³/mol. The number of pyridine rings is 1. The Morgan fingerprint density at radius 3 is 2.67 bits per heavy atom. The summed E-state index contributed by atoms with van der Waals surface area (Å²) in [5.74, 6) is 0. The lowest BCUT2D eigenvalue weighted by molar-refractivity contribution is 0.583. The van der Waals surface area contributed by atoms with Crippen molar-refractivity contribution in [3.05, 3.63) is 45.8 Å². The average molecular weight is 222 g/mol. The van der Waals surface area contributed by atoms with Crippen molar-refractivity contribution in [1.29, 1.82) is 0 Å². The molecule has 78 valence electrons. The van der Waals surface area contributed by atoms with Gasteiger partial charge in [-0.1, -0.05) is 11.6 Å². The Balaban J connectivity index is 2.80. The summed E-state index contributed by atoms with van der Waals surface area (Å²) in [6.07, 6.45) is 1.81. The SMILES string of the molecule is CC(C)n1ccc2cc(Cl)ccc2c1=O. The van der Waals surface area contributed by atoms with Crippen LogP contribution >= 0.6 is 11.6 Å². The molecule has 0 saturated heterocycles. The van der Waals surface area contributed by atoms with E-state index in [1.807, 2.05) is 32.2 Å². The number of aromatic nitrogens is 1. The highest BCUT2D eigenvalue weighted by Crippen LogP contribution is 2.16. The second-order valence-electron chi connectivity index (χ2n) is 3.85. The molecule has 1 aromatic heterocycles. The highest BCUT2D eigenvalue weighted by atomic mass is 35.5. The van der Waals surface area contributed by atoms with E-state index in [2.05, 4.69) is 0 Å². The lowest BCUT2D eigenvalue weighted by Crippen LogP contribution is -2.20. The lowest BCUT2D eigenvalue weighted by atomic mass is 10.1. The maximum Gasteiger partial charge on any atom is 0.258 e. The normalized spacial score (nSPS) is 11.2. The number of nitrogens with zero attached hydrogens (tertiary/aromatic N) is 1. The van der Waals surface area contributed by atoms with Gasteiger partial charge in [-0.15, -0.1) is 0 Å². The molecular formula is C12H12ClNO. The number of fused-ring (bicyclic) bond motifs is 1. The zero-order valence-electron chi connectivity index (χ0n) is 8.70. The number of rotatable bonds is 1. The third kappa shape index (κ3) is 1.77. The van der Waals surface area contributed by atoms with Crippen LogP contribution in [0.5, 0.6) is 0 Å². The summed E-state index contributed by atoms with van der Waals surface area (Å²) < 4.78 is 1.72. The van der Waals surface area contributed by atoms with Gasteiger partial charge in [0.1, 0.15) is 0 Å². The van der Waals surface area contributed by atoms with Crippen LogP contribution in [0.3, 0.4) is 0 Å². The van der Waals surface area contributed by atoms with E-state index in [0.29, 0.717) is 5.02 Å². The zero-order valence-corrected chi connectivity index (χ0v) is 9.45. The number of halogens is 1. The Bertz CT molecular complexity index is 557. The van der Waals surface area contributed by atoms with E-state index in [9.17, 15) is 4.79 Å². The van der Waals surface area contributed by atoms with Crippen LogP contribution in [0.15, 0.2) is 35.3 Å². The Morgan fingerprint density at radius 1 is 1.27 bits per heavy atom. The maximum atomic E-state index is 12.0. The minimum absolute atomic E-state index is 0.0409. The standard InChI is InChI=1S/C12H12ClNO/c1-8(2)14-6-5-9-7-10(13)3-4-11(9)12(14)15/h3-8H,1-2H3. The topological polar surface area (TPSA) is 22.0 Å². The summed E-state index contributed by atoms with van der Waals surface area (Å²) >= 11 is 5.86. The predicted octanol–water partition coefficient (Wildman–Crippen LogP) is 3.24. The minimum Gasteiger partial charge on any atom is -0.312 e. The summed E-state index contributed by atoms with van der Waals surface area (Å²) in [5.41, 5.74) is 0.0409. The van der Waals surface area contributed by atoms with Crippen LogP contribution in [0.2, 0.25) is 5.02 Å². The zero-order chi connectivity index (χ0) is 11.0. The fraction of sp³-hybridized carbons (Fsp3) is 0.250. The van der Waals surface area contributed by atoms with Crippen molar-refractivity contribution >= 4 is 22.4 Å². The Hall–Kier alpha value is -1.28. The van der Waals surface area contributed by atoms with Crippen molar-refractivity contribution in [2.75, 3.05) is 0 Å². The number of hydrogen-bond donors (Lipinski definition) is 0. The number of benzene rings is 1. The third-order valence-corrected chi connectivity index (χ3v) is 2.68. The van der Waals surface area contributed by atoms with Gasteiger partial charge in [0.2, 0.25) is 0 Å². The van der Waals surface area contributed by atoms with E-state index < -0.39 is 0 Å². The molecule has 2 nitrogen and oxygen atoms in total. The van der Waals surface area contributed by atoms with Crippen molar-refractivity contribution in [3.63, 3.8) is 0 Å². The molecule has 0 unspecified atom stereocenters. The monoisotopic (exact) mass is 221 g/mol. The highest BCUT2D eigenvalue weighted by Gasteiger charge is 2.04. The molecule has 0 atom stereocenters. The quantitative estimate of drug-likeness (QED) is 0.725. The summed E-state index contributed by atoms with van der Waals surface area (Å²) in [5, 5.41) is 2.27. The molecule has 0 aliphatic carbocycles. The van der Waals surface area contributed by atoms with E-state index in [1.165, 1.54) is 0 Å². The minimum atomic E-state index is 0.0409. The molecule has 1 aromatic carbocycles. The Labute approximate surface area is 93.1 Å². The molecule has 3 heteroatoms. The van der Waals surface area contributed by atoms with Crippen LogP contribution < -0.4 is 5.56 Å². The van der Waals surface area contributed by atoms with Gasteiger partial charge in [-0.2, -0.15) is 0 Å². The molecule has 0 bridgehead atoms. The fourth-order valence-corrected chi connectivity index (χ4v) is 1.82. The van der Waals surface area contributed by atoms with Gasteiger partial charge >= 0.3 is 0 Å². The molecule has 0 radical (unpaired) electrons. The van der Waals surface area contributed by atoms with Crippen LogP contribution in [-0.2, 0) is 0 Å². The van der Waals surface area contributed by atoms with Gasteiger partial charge in [-0.25, -0.2) is 0 Å². The molecule has 0 saturated carbocycles. The molecule has 2 rings (SSSR count). The average Bonchev–Trinajstić information content (AvgIpc) is 2.17. The largest absolute Gasteiger partial charge is 0.312 e. The van der Waals surface area contributed by atoms with Gasteiger partial charge in [0.05, 0.1) is 0 Å². The molecule has 0 amide bonds. The van der Waals surface area contributed by atoms with Gasteiger partial charge in [0.25, 0.3) is 5.56 Å². The second-order valence-corrected chi connectivity index (χ2v) is 4.29. The van der Waals surface area contributed by atoms with E-state index >= 15 is 0 Å². The molecule has 1 heterocycles. The van der Waals surface area contributed by atoms with Crippen molar-refractivity contribution in [2.24, 2.45) is 0 Å². The lowest BCUT2D eigenvalue weighted by Gasteiger charge is -2.10. The molecule has 2 aromatic rings. The highest BCUT2D eigenvalue weighted by molar-refractivity contribution is 6.31. The molecule has 15 heavy (non-hydrogen) atoms.